The Bertz CT molecular complexity index is 786. The predicted octanol–water partition coefficient (Wildman–Crippen LogP) is 3.88. The second kappa shape index (κ2) is 6.59. The molecule has 4 rings (SSSR count). The minimum Gasteiger partial charge on any atom is -0.386 e. The normalized spacial score (nSPS) is 29.8. The highest BCUT2D eigenvalue weighted by atomic mass is 35.5. The number of ether oxygens (including phenoxy) is 1. The molecule has 0 saturated carbocycles. The van der Waals surface area contributed by atoms with Gasteiger partial charge in [0, 0.05) is 35.8 Å². The zero-order valence-electron chi connectivity index (χ0n) is 13.9. The van der Waals surface area contributed by atoms with E-state index in [0.717, 1.165) is 35.4 Å². The van der Waals surface area contributed by atoms with Crippen LogP contribution in [0.25, 0.3) is 0 Å². The largest absolute Gasteiger partial charge is 0.386 e. The molecule has 3 atom stereocenters. The summed E-state index contributed by atoms with van der Waals surface area (Å²) in [5.74, 6) is -0.305. The average molecular weight is 383 g/mol. The van der Waals surface area contributed by atoms with Crippen LogP contribution < -0.4 is 0 Å². The van der Waals surface area contributed by atoms with Crippen molar-refractivity contribution in [1.82, 2.24) is 9.88 Å². The van der Waals surface area contributed by atoms with Gasteiger partial charge in [0.1, 0.15) is 17.5 Å². The number of rotatable bonds is 2. The van der Waals surface area contributed by atoms with E-state index in [-0.39, 0.29) is 17.5 Å². The Morgan fingerprint density at radius 1 is 1.48 bits per heavy atom. The molecule has 25 heavy (non-hydrogen) atoms. The van der Waals surface area contributed by atoms with Gasteiger partial charge in [0.15, 0.2) is 0 Å². The molecule has 7 heteroatoms. The number of hydrogen-bond acceptors (Lipinski definition) is 5. The highest BCUT2D eigenvalue weighted by molar-refractivity contribution is 7.16. The first-order chi connectivity index (χ1) is 12.0. The topological polar surface area (TPSA) is 45.6 Å². The first kappa shape index (κ1) is 17.4. The summed E-state index contributed by atoms with van der Waals surface area (Å²) in [4.78, 5) is 7.32. The molecule has 0 amide bonds. The van der Waals surface area contributed by atoms with Gasteiger partial charge >= 0.3 is 0 Å². The molecule has 134 valence electrons. The third-order valence-electron chi connectivity index (χ3n) is 5.22. The second-order valence-electron chi connectivity index (χ2n) is 6.94. The summed E-state index contributed by atoms with van der Waals surface area (Å²) in [6.45, 7) is 3.98. The average Bonchev–Trinajstić information content (AvgIpc) is 2.98. The van der Waals surface area contributed by atoms with Crippen LogP contribution in [0.3, 0.4) is 0 Å². The van der Waals surface area contributed by atoms with Gasteiger partial charge < -0.3 is 9.84 Å². The Balaban J connectivity index is 1.54. The van der Waals surface area contributed by atoms with Crippen molar-refractivity contribution >= 4 is 22.9 Å². The molecular weight excluding hydrogens is 363 g/mol. The molecule has 2 aliphatic heterocycles. The van der Waals surface area contributed by atoms with Crippen LogP contribution in [0, 0.1) is 5.82 Å². The standard InChI is InChI=1S/C18H20ClFN2O2S/c1-11-6-18(17-14(5-16(19)25-17)15(23)10-24-18)2-3-22(11)9-12-4-13(20)8-21-7-12/h4-5,7-8,11,15,23H,2-3,6,9-10H2,1H3/t11-,15-,18+/m0/s1. The minimum atomic E-state index is -0.601. The van der Waals surface area contributed by atoms with Crippen molar-refractivity contribution in [1.29, 1.82) is 0 Å². The van der Waals surface area contributed by atoms with Crippen LogP contribution in [0.2, 0.25) is 4.34 Å². The summed E-state index contributed by atoms with van der Waals surface area (Å²) in [5.41, 5.74) is 1.42. The molecule has 1 spiro atoms. The Morgan fingerprint density at radius 2 is 2.32 bits per heavy atom. The molecule has 2 aliphatic rings. The maximum Gasteiger partial charge on any atom is 0.141 e. The third-order valence-corrected chi connectivity index (χ3v) is 6.68. The lowest BCUT2D eigenvalue weighted by molar-refractivity contribution is -0.139. The van der Waals surface area contributed by atoms with Crippen molar-refractivity contribution < 1.29 is 14.2 Å². The first-order valence-electron chi connectivity index (χ1n) is 8.42. The zero-order valence-corrected chi connectivity index (χ0v) is 15.5. The molecule has 0 bridgehead atoms. The number of halogens is 2. The number of aliphatic hydroxyl groups excluding tert-OH is 1. The van der Waals surface area contributed by atoms with E-state index in [1.165, 1.54) is 23.6 Å². The van der Waals surface area contributed by atoms with Crippen molar-refractivity contribution in [2.24, 2.45) is 0 Å². The van der Waals surface area contributed by atoms with Crippen molar-refractivity contribution in [2.75, 3.05) is 13.2 Å². The minimum absolute atomic E-state index is 0.265. The monoisotopic (exact) mass is 382 g/mol. The van der Waals surface area contributed by atoms with Crippen LogP contribution in [0.5, 0.6) is 0 Å². The molecule has 1 fully saturated rings. The molecule has 0 aliphatic carbocycles. The molecule has 0 aromatic carbocycles. The Hall–Kier alpha value is -1.05. The third kappa shape index (κ3) is 3.22. The molecule has 1 N–H and O–H groups in total. The van der Waals surface area contributed by atoms with Gasteiger partial charge in [-0.2, -0.15) is 0 Å². The Labute approximate surface area is 155 Å². The SMILES string of the molecule is C[C@H]1C[C@@]2(CCN1Cc1cncc(F)c1)OC[C@H](O)c1cc(Cl)sc12. The van der Waals surface area contributed by atoms with E-state index in [0.29, 0.717) is 17.5 Å². The summed E-state index contributed by atoms with van der Waals surface area (Å²) < 4.78 is 20.2. The molecule has 0 unspecified atom stereocenters. The van der Waals surface area contributed by atoms with Crippen LogP contribution in [0.15, 0.2) is 24.5 Å². The van der Waals surface area contributed by atoms with E-state index in [9.17, 15) is 9.50 Å². The Kier molecular flexibility index (Phi) is 4.58. The first-order valence-corrected chi connectivity index (χ1v) is 9.61. The van der Waals surface area contributed by atoms with Gasteiger partial charge in [0.25, 0.3) is 0 Å². The number of aromatic nitrogens is 1. The van der Waals surface area contributed by atoms with E-state index >= 15 is 0 Å². The summed E-state index contributed by atoms with van der Waals surface area (Å²) in [7, 11) is 0. The van der Waals surface area contributed by atoms with Gasteiger partial charge in [-0.15, -0.1) is 11.3 Å². The number of likely N-dealkylation sites (tertiary alicyclic amines) is 1. The fraction of sp³-hybridized carbons (Fsp3) is 0.500. The number of aliphatic hydroxyl groups is 1. The van der Waals surface area contributed by atoms with Crippen molar-refractivity contribution in [3.63, 3.8) is 0 Å². The zero-order chi connectivity index (χ0) is 17.6. The Morgan fingerprint density at radius 3 is 3.08 bits per heavy atom. The fourth-order valence-electron chi connectivity index (χ4n) is 3.97. The van der Waals surface area contributed by atoms with E-state index in [4.69, 9.17) is 16.3 Å². The lowest BCUT2D eigenvalue weighted by Crippen LogP contribution is -2.50. The maximum atomic E-state index is 13.4. The smallest absolute Gasteiger partial charge is 0.141 e. The lowest BCUT2D eigenvalue weighted by Gasteiger charge is -2.47. The number of nitrogens with zero attached hydrogens (tertiary/aromatic N) is 2. The fourth-order valence-corrected chi connectivity index (χ4v) is 5.45. The van der Waals surface area contributed by atoms with Crippen molar-refractivity contribution in [3.8, 4) is 0 Å². The van der Waals surface area contributed by atoms with Gasteiger partial charge in [-0.1, -0.05) is 11.6 Å². The van der Waals surface area contributed by atoms with Gasteiger partial charge in [-0.05, 0) is 37.5 Å². The number of fused-ring (bicyclic) bond motifs is 2. The number of thiophene rings is 1. The van der Waals surface area contributed by atoms with Gasteiger partial charge in [0.05, 0.1) is 17.1 Å². The van der Waals surface area contributed by atoms with E-state index in [2.05, 4.69) is 16.8 Å². The number of hydrogen-bond donors (Lipinski definition) is 1. The molecule has 2 aromatic rings. The number of pyridine rings is 1. The highest BCUT2D eigenvalue weighted by Crippen LogP contribution is 2.50. The summed E-state index contributed by atoms with van der Waals surface area (Å²) in [6, 6.07) is 3.67. The summed E-state index contributed by atoms with van der Waals surface area (Å²) in [6.07, 6.45) is 3.99. The molecular formula is C18H20ClFN2O2S. The van der Waals surface area contributed by atoms with Gasteiger partial charge in [-0.3, -0.25) is 9.88 Å². The van der Waals surface area contributed by atoms with Crippen LogP contribution >= 0.6 is 22.9 Å². The molecule has 4 nitrogen and oxygen atoms in total. The molecule has 0 radical (unpaired) electrons. The highest BCUT2D eigenvalue weighted by Gasteiger charge is 2.46. The van der Waals surface area contributed by atoms with Crippen molar-refractivity contribution in [3.05, 3.63) is 50.7 Å². The summed E-state index contributed by atoms with van der Waals surface area (Å²) >= 11 is 7.72. The lowest BCUT2D eigenvalue weighted by atomic mass is 9.81. The predicted molar refractivity (Wildman–Crippen MR) is 95.2 cm³/mol. The second-order valence-corrected chi connectivity index (χ2v) is 8.62. The molecule has 4 heterocycles. The number of piperidine rings is 1. The summed E-state index contributed by atoms with van der Waals surface area (Å²) in [5, 5.41) is 10.2. The van der Waals surface area contributed by atoms with Gasteiger partial charge in [-0.25, -0.2) is 4.39 Å². The molecule has 1 saturated heterocycles. The van der Waals surface area contributed by atoms with Crippen LogP contribution in [0.1, 0.15) is 41.9 Å². The van der Waals surface area contributed by atoms with Crippen LogP contribution in [0.4, 0.5) is 4.39 Å². The van der Waals surface area contributed by atoms with E-state index in [1.807, 2.05) is 6.07 Å². The van der Waals surface area contributed by atoms with E-state index in [1.54, 1.807) is 6.20 Å². The van der Waals surface area contributed by atoms with E-state index < -0.39 is 6.10 Å². The van der Waals surface area contributed by atoms with Crippen molar-refractivity contribution in [2.45, 2.75) is 44.1 Å². The quantitative estimate of drug-likeness (QED) is 0.856. The molecule has 2 aromatic heterocycles. The maximum absolute atomic E-state index is 13.4. The van der Waals surface area contributed by atoms with Crippen LogP contribution in [-0.4, -0.2) is 34.2 Å². The van der Waals surface area contributed by atoms with Gasteiger partial charge in [0.2, 0.25) is 0 Å². The van der Waals surface area contributed by atoms with Crippen LogP contribution in [-0.2, 0) is 16.9 Å².